The molecule has 1 fully saturated rings. The highest BCUT2D eigenvalue weighted by atomic mass is 16.5. The van der Waals surface area contributed by atoms with Gasteiger partial charge in [0.2, 0.25) is 0 Å². The molecule has 0 saturated heterocycles. The SMILES string of the molecule is COC(=O)c1c(C)n(C2CC2)c2ccc(OC(=O)c3cnc4cnccc4c3)cc12. The molecule has 1 aliphatic rings. The van der Waals surface area contributed by atoms with Crippen molar-refractivity contribution >= 4 is 33.7 Å². The molecule has 0 bridgehead atoms. The molecule has 3 heterocycles. The molecular weight excluding hydrogens is 382 g/mol. The molecule has 0 N–H and O–H groups in total. The fourth-order valence-electron chi connectivity index (χ4n) is 3.90. The third-order valence-corrected chi connectivity index (χ3v) is 5.45. The van der Waals surface area contributed by atoms with Crippen LogP contribution in [-0.2, 0) is 4.74 Å². The first kappa shape index (κ1) is 18.3. The highest BCUT2D eigenvalue weighted by molar-refractivity contribution is 6.06. The maximum absolute atomic E-state index is 12.7. The van der Waals surface area contributed by atoms with Crippen molar-refractivity contribution in [1.82, 2.24) is 14.5 Å². The summed E-state index contributed by atoms with van der Waals surface area (Å²) in [6, 6.07) is 9.27. The second-order valence-electron chi connectivity index (χ2n) is 7.41. The Balaban J connectivity index is 1.52. The van der Waals surface area contributed by atoms with Crippen molar-refractivity contribution in [1.29, 1.82) is 0 Å². The Morgan fingerprint density at radius 2 is 1.93 bits per heavy atom. The number of pyridine rings is 2. The molecule has 7 heteroatoms. The van der Waals surface area contributed by atoms with Gasteiger partial charge in [-0.25, -0.2) is 9.59 Å². The van der Waals surface area contributed by atoms with Gasteiger partial charge in [0.05, 0.1) is 30.0 Å². The highest BCUT2D eigenvalue weighted by Crippen LogP contribution is 2.42. The summed E-state index contributed by atoms with van der Waals surface area (Å²) in [7, 11) is 1.37. The van der Waals surface area contributed by atoms with Crippen LogP contribution < -0.4 is 4.74 Å². The van der Waals surface area contributed by atoms with Crippen molar-refractivity contribution < 1.29 is 19.1 Å². The standard InChI is InChI=1S/C23H19N3O4/c1-13-21(23(28)29-2)18-10-17(5-6-20(18)26(13)16-3-4-16)30-22(27)15-9-14-7-8-24-12-19(14)25-11-15/h5-12,16H,3-4H2,1-2H3. The molecule has 5 rings (SSSR count). The number of carbonyl (C=O) groups excluding carboxylic acids is 2. The van der Waals surface area contributed by atoms with Gasteiger partial charge in [0, 0.05) is 40.4 Å². The predicted octanol–water partition coefficient (Wildman–Crippen LogP) is 4.23. The van der Waals surface area contributed by atoms with Crippen LogP contribution in [0.2, 0.25) is 0 Å². The first-order valence-corrected chi connectivity index (χ1v) is 9.71. The van der Waals surface area contributed by atoms with Crippen LogP contribution in [0.3, 0.4) is 0 Å². The molecule has 4 aromatic rings. The summed E-state index contributed by atoms with van der Waals surface area (Å²) >= 11 is 0. The lowest BCUT2D eigenvalue weighted by molar-refractivity contribution is 0.0601. The molecule has 0 atom stereocenters. The van der Waals surface area contributed by atoms with E-state index in [-0.39, 0.29) is 0 Å². The molecule has 0 aliphatic heterocycles. The van der Waals surface area contributed by atoms with Crippen molar-refractivity contribution in [2.24, 2.45) is 0 Å². The summed E-state index contributed by atoms with van der Waals surface area (Å²) in [5, 5.41) is 1.53. The number of nitrogens with zero attached hydrogens (tertiary/aromatic N) is 3. The summed E-state index contributed by atoms with van der Waals surface area (Å²) in [6.45, 7) is 1.92. The van der Waals surface area contributed by atoms with Gasteiger partial charge in [0.1, 0.15) is 5.75 Å². The van der Waals surface area contributed by atoms with Crippen molar-refractivity contribution in [2.75, 3.05) is 7.11 Å². The molecule has 150 valence electrons. The molecule has 0 amide bonds. The van der Waals surface area contributed by atoms with Crippen molar-refractivity contribution in [2.45, 2.75) is 25.8 Å². The van der Waals surface area contributed by atoms with E-state index in [4.69, 9.17) is 9.47 Å². The lowest BCUT2D eigenvalue weighted by atomic mass is 10.1. The van der Waals surface area contributed by atoms with Crippen LogP contribution in [0.25, 0.3) is 21.8 Å². The van der Waals surface area contributed by atoms with E-state index in [0.717, 1.165) is 34.8 Å². The zero-order valence-corrected chi connectivity index (χ0v) is 16.6. The number of hydrogen-bond acceptors (Lipinski definition) is 6. The number of methoxy groups -OCH3 is 1. The second-order valence-corrected chi connectivity index (χ2v) is 7.41. The van der Waals surface area contributed by atoms with Gasteiger partial charge in [0.15, 0.2) is 0 Å². The van der Waals surface area contributed by atoms with E-state index in [1.165, 1.54) is 13.3 Å². The van der Waals surface area contributed by atoms with Gasteiger partial charge in [-0.05, 0) is 50.1 Å². The van der Waals surface area contributed by atoms with E-state index in [1.54, 1.807) is 36.7 Å². The zero-order valence-electron chi connectivity index (χ0n) is 16.6. The fourth-order valence-corrected chi connectivity index (χ4v) is 3.90. The predicted molar refractivity (Wildman–Crippen MR) is 111 cm³/mol. The molecule has 0 spiro atoms. The van der Waals surface area contributed by atoms with Crippen LogP contribution in [0.4, 0.5) is 0 Å². The van der Waals surface area contributed by atoms with E-state index in [0.29, 0.717) is 28.4 Å². The van der Waals surface area contributed by atoms with Crippen molar-refractivity contribution in [3.8, 4) is 5.75 Å². The number of rotatable bonds is 4. The van der Waals surface area contributed by atoms with Gasteiger partial charge in [0.25, 0.3) is 0 Å². The Morgan fingerprint density at radius 3 is 2.70 bits per heavy atom. The van der Waals surface area contributed by atoms with Gasteiger partial charge in [-0.15, -0.1) is 0 Å². The van der Waals surface area contributed by atoms with Gasteiger partial charge < -0.3 is 14.0 Å². The summed E-state index contributed by atoms with van der Waals surface area (Å²) in [6.07, 6.45) is 6.94. The van der Waals surface area contributed by atoms with Crippen LogP contribution in [0.1, 0.15) is 45.3 Å². The first-order chi connectivity index (χ1) is 14.6. The number of ether oxygens (including phenoxy) is 2. The third-order valence-electron chi connectivity index (χ3n) is 5.45. The smallest absolute Gasteiger partial charge is 0.345 e. The molecule has 1 saturated carbocycles. The van der Waals surface area contributed by atoms with E-state index in [2.05, 4.69) is 14.5 Å². The third kappa shape index (κ3) is 2.99. The number of fused-ring (bicyclic) bond motifs is 2. The maximum atomic E-state index is 12.7. The molecule has 3 aromatic heterocycles. The quantitative estimate of drug-likeness (QED) is 0.376. The Hall–Kier alpha value is -3.74. The Kier molecular flexibility index (Phi) is 4.24. The summed E-state index contributed by atoms with van der Waals surface area (Å²) in [4.78, 5) is 33.4. The summed E-state index contributed by atoms with van der Waals surface area (Å²) in [5.74, 6) is -0.549. The minimum absolute atomic E-state index is 0.341. The average molecular weight is 401 g/mol. The number of aromatic nitrogens is 3. The molecule has 1 aliphatic carbocycles. The zero-order chi connectivity index (χ0) is 20.8. The van der Waals surface area contributed by atoms with Gasteiger partial charge >= 0.3 is 11.9 Å². The fraction of sp³-hybridized carbons (Fsp3) is 0.217. The van der Waals surface area contributed by atoms with Crippen LogP contribution in [0, 0.1) is 6.92 Å². The largest absolute Gasteiger partial charge is 0.465 e. The first-order valence-electron chi connectivity index (χ1n) is 9.71. The van der Waals surface area contributed by atoms with Gasteiger partial charge in [-0.1, -0.05) is 0 Å². The van der Waals surface area contributed by atoms with Gasteiger partial charge in [-0.3, -0.25) is 9.97 Å². The van der Waals surface area contributed by atoms with Crippen LogP contribution in [-0.4, -0.2) is 33.6 Å². The molecule has 0 unspecified atom stereocenters. The van der Waals surface area contributed by atoms with E-state index in [1.807, 2.05) is 13.0 Å². The average Bonchev–Trinajstić information content (AvgIpc) is 3.55. The van der Waals surface area contributed by atoms with E-state index >= 15 is 0 Å². The van der Waals surface area contributed by atoms with Crippen molar-refractivity contribution in [3.05, 3.63) is 65.7 Å². The minimum atomic E-state index is -0.515. The lowest BCUT2D eigenvalue weighted by Crippen LogP contribution is -2.09. The minimum Gasteiger partial charge on any atom is -0.465 e. The molecule has 0 radical (unpaired) electrons. The lowest BCUT2D eigenvalue weighted by Gasteiger charge is -2.07. The number of benzene rings is 1. The Morgan fingerprint density at radius 1 is 1.10 bits per heavy atom. The number of hydrogen-bond donors (Lipinski definition) is 0. The maximum Gasteiger partial charge on any atom is 0.345 e. The molecular formula is C23H19N3O4. The summed E-state index contributed by atoms with van der Waals surface area (Å²) < 4.78 is 12.8. The van der Waals surface area contributed by atoms with Crippen LogP contribution in [0.15, 0.2) is 48.9 Å². The Bertz CT molecular complexity index is 1320. The topological polar surface area (TPSA) is 83.3 Å². The summed E-state index contributed by atoms with van der Waals surface area (Å²) in [5.41, 5.74) is 3.37. The van der Waals surface area contributed by atoms with Crippen LogP contribution in [0.5, 0.6) is 5.75 Å². The number of carbonyl (C=O) groups is 2. The van der Waals surface area contributed by atoms with Crippen LogP contribution >= 0.6 is 0 Å². The van der Waals surface area contributed by atoms with E-state index in [9.17, 15) is 9.59 Å². The van der Waals surface area contributed by atoms with Crippen molar-refractivity contribution in [3.63, 3.8) is 0 Å². The monoisotopic (exact) mass is 401 g/mol. The van der Waals surface area contributed by atoms with E-state index < -0.39 is 11.9 Å². The highest BCUT2D eigenvalue weighted by Gasteiger charge is 2.30. The molecule has 1 aromatic carbocycles. The normalized spacial score (nSPS) is 13.5. The van der Waals surface area contributed by atoms with Gasteiger partial charge in [-0.2, -0.15) is 0 Å². The Labute approximate surface area is 172 Å². The second kappa shape index (κ2) is 6.95. The number of esters is 2. The molecule has 30 heavy (non-hydrogen) atoms. The molecule has 7 nitrogen and oxygen atoms in total.